The average Bonchev–Trinajstić information content (AvgIpc) is 2.83. The molecule has 1 aromatic heterocycles. The lowest BCUT2D eigenvalue weighted by molar-refractivity contribution is 0.199. The van der Waals surface area contributed by atoms with Gasteiger partial charge < -0.3 is 10.1 Å². The van der Waals surface area contributed by atoms with Crippen LogP contribution < -0.4 is 10.1 Å². The number of hydrogen-bond donors (Lipinski definition) is 1. The van der Waals surface area contributed by atoms with Crippen LogP contribution in [0, 0.1) is 6.92 Å². The fourth-order valence-corrected chi connectivity index (χ4v) is 2.14. The SMILES string of the molecule is CCCNc1ncnc(OC2CCCC2)c1C. The summed E-state index contributed by atoms with van der Waals surface area (Å²) in [6, 6.07) is 0. The maximum atomic E-state index is 5.94. The van der Waals surface area contributed by atoms with Gasteiger partial charge in [0.15, 0.2) is 0 Å². The molecular formula is C13H21N3O. The van der Waals surface area contributed by atoms with E-state index >= 15 is 0 Å². The van der Waals surface area contributed by atoms with Gasteiger partial charge in [0.2, 0.25) is 5.88 Å². The Morgan fingerprint density at radius 1 is 1.35 bits per heavy atom. The molecule has 94 valence electrons. The Morgan fingerprint density at radius 3 is 2.82 bits per heavy atom. The molecule has 0 aromatic carbocycles. The van der Waals surface area contributed by atoms with Crippen molar-refractivity contribution in [1.82, 2.24) is 9.97 Å². The summed E-state index contributed by atoms with van der Waals surface area (Å²) in [5.74, 6) is 1.64. The third kappa shape index (κ3) is 3.08. The van der Waals surface area contributed by atoms with Crippen molar-refractivity contribution in [2.24, 2.45) is 0 Å². The number of nitrogens with one attached hydrogen (secondary N) is 1. The van der Waals surface area contributed by atoms with Crippen LogP contribution in [0.4, 0.5) is 5.82 Å². The summed E-state index contributed by atoms with van der Waals surface area (Å²) >= 11 is 0. The second-order valence-corrected chi connectivity index (χ2v) is 4.60. The number of anilines is 1. The van der Waals surface area contributed by atoms with Crippen LogP contribution in [-0.2, 0) is 0 Å². The van der Waals surface area contributed by atoms with Crippen molar-refractivity contribution in [2.45, 2.75) is 52.1 Å². The average molecular weight is 235 g/mol. The van der Waals surface area contributed by atoms with Crippen LogP contribution in [0.15, 0.2) is 6.33 Å². The molecule has 17 heavy (non-hydrogen) atoms. The first kappa shape index (κ1) is 12.1. The molecule has 1 aliphatic carbocycles. The van der Waals surface area contributed by atoms with E-state index in [-0.39, 0.29) is 0 Å². The van der Waals surface area contributed by atoms with Gasteiger partial charge in [0.25, 0.3) is 0 Å². The molecule has 0 bridgehead atoms. The van der Waals surface area contributed by atoms with Crippen molar-refractivity contribution in [3.05, 3.63) is 11.9 Å². The van der Waals surface area contributed by atoms with Crippen molar-refractivity contribution in [3.63, 3.8) is 0 Å². The van der Waals surface area contributed by atoms with E-state index in [9.17, 15) is 0 Å². The summed E-state index contributed by atoms with van der Waals surface area (Å²) in [7, 11) is 0. The summed E-state index contributed by atoms with van der Waals surface area (Å²) in [6.07, 6.45) is 7.87. The van der Waals surface area contributed by atoms with Crippen LogP contribution in [0.5, 0.6) is 5.88 Å². The third-order valence-corrected chi connectivity index (χ3v) is 3.16. The van der Waals surface area contributed by atoms with E-state index < -0.39 is 0 Å². The minimum absolute atomic E-state index is 0.350. The van der Waals surface area contributed by atoms with E-state index in [0.717, 1.165) is 43.1 Å². The van der Waals surface area contributed by atoms with Crippen LogP contribution in [0.3, 0.4) is 0 Å². The molecule has 0 saturated heterocycles. The maximum Gasteiger partial charge on any atom is 0.221 e. The first-order valence-corrected chi connectivity index (χ1v) is 6.53. The zero-order valence-corrected chi connectivity index (χ0v) is 10.7. The van der Waals surface area contributed by atoms with Gasteiger partial charge in [-0.05, 0) is 39.0 Å². The quantitative estimate of drug-likeness (QED) is 0.852. The van der Waals surface area contributed by atoms with Gasteiger partial charge in [0.1, 0.15) is 18.2 Å². The molecule has 0 unspecified atom stereocenters. The van der Waals surface area contributed by atoms with Gasteiger partial charge in [0, 0.05) is 6.54 Å². The van der Waals surface area contributed by atoms with Gasteiger partial charge in [-0.15, -0.1) is 0 Å². The first-order chi connectivity index (χ1) is 8.31. The summed E-state index contributed by atoms with van der Waals surface area (Å²) in [5, 5.41) is 3.30. The molecule has 0 radical (unpaired) electrons. The monoisotopic (exact) mass is 235 g/mol. The summed E-state index contributed by atoms with van der Waals surface area (Å²) in [5.41, 5.74) is 1.02. The molecule has 4 heteroatoms. The zero-order chi connectivity index (χ0) is 12.1. The van der Waals surface area contributed by atoms with Crippen LogP contribution in [-0.4, -0.2) is 22.6 Å². The number of rotatable bonds is 5. The highest BCUT2D eigenvalue weighted by molar-refractivity contribution is 5.47. The molecule has 1 aliphatic rings. The molecule has 1 N–H and O–H groups in total. The number of ether oxygens (including phenoxy) is 1. The van der Waals surface area contributed by atoms with Gasteiger partial charge in [-0.1, -0.05) is 6.92 Å². The minimum Gasteiger partial charge on any atom is -0.474 e. The lowest BCUT2D eigenvalue weighted by Gasteiger charge is -2.15. The van der Waals surface area contributed by atoms with Gasteiger partial charge in [0.05, 0.1) is 5.56 Å². The lowest BCUT2D eigenvalue weighted by Crippen LogP contribution is -2.14. The van der Waals surface area contributed by atoms with E-state index in [2.05, 4.69) is 22.2 Å². The zero-order valence-electron chi connectivity index (χ0n) is 10.7. The molecule has 1 saturated carbocycles. The summed E-state index contributed by atoms with van der Waals surface area (Å²) in [6.45, 7) is 5.09. The predicted octanol–water partition coefficient (Wildman–Crippen LogP) is 2.93. The van der Waals surface area contributed by atoms with Crippen molar-refractivity contribution < 1.29 is 4.74 Å². The molecular weight excluding hydrogens is 214 g/mol. The van der Waals surface area contributed by atoms with Gasteiger partial charge in [-0.3, -0.25) is 0 Å². The number of nitrogens with zero attached hydrogens (tertiary/aromatic N) is 2. The summed E-state index contributed by atoms with van der Waals surface area (Å²) < 4.78 is 5.94. The molecule has 0 spiro atoms. The Labute approximate surface area is 103 Å². The van der Waals surface area contributed by atoms with Crippen LogP contribution in [0.25, 0.3) is 0 Å². The fraction of sp³-hybridized carbons (Fsp3) is 0.692. The highest BCUT2D eigenvalue weighted by Crippen LogP contribution is 2.26. The van der Waals surface area contributed by atoms with Crippen molar-refractivity contribution >= 4 is 5.82 Å². The Morgan fingerprint density at radius 2 is 2.12 bits per heavy atom. The fourth-order valence-electron chi connectivity index (χ4n) is 2.14. The van der Waals surface area contributed by atoms with Gasteiger partial charge >= 0.3 is 0 Å². The normalized spacial score (nSPS) is 16.1. The molecule has 1 fully saturated rings. The highest BCUT2D eigenvalue weighted by atomic mass is 16.5. The molecule has 0 aliphatic heterocycles. The van der Waals surface area contributed by atoms with Crippen molar-refractivity contribution in [2.75, 3.05) is 11.9 Å². The molecule has 2 rings (SSSR count). The van der Waals surface area contributed by atoms with E-state index in [1.165, 1.54) is 12.8 Å². The van der Waals surface area contributed by atoms with Crippen LogP contribution >= 0.6 is 0 Å². The Kier molecular flexibility index (Phi) is 4.18. The summed E-state index contributed by atoms with van der Waals surface area (Å²) in [4.78, 5) is 8.49. The predicted molar refractivity (Wildman–Crippen MR) is 68.4 cm³/mol. The van der Waals surface area contributed by atoms with E-state index in [1.54, 1.807) is 6.33 Å². The molecule has 1 aromatic rings. The largest absolute Gasteiger partial charge is 0.474 e. The second-order valence-electron chi connectivity index (χ2n) is 4.60. The molecule has 1 heterocycles. The maximum absolute atomic E-state index is 5.94. The standard InChI is InChI=1S/C13H21N3O/c1-3-8-14-12-10(2)13(16-9-15-12)17-11-6-4-5-7-11/h9,11H,3-8H2,1-2H3,(H,14,15,16). The molecule has 4 nitrogen and oxygen atoms in total. The van der Waals surface area contributed by atoms with E-state index in [4.69, 9.17) is 4.74 Å². The van der Waals surface area contributed by atoms with E-state index in [0.29, 0.717) is 6.10 Å². The topological polar surface area (TPSA) is 47.0 Å². The van der Waals surface area contributed by atoms with Crippen LogP contribution in [0.1, 0.15) is 44.6 Å². The lowest BCUT2D eigenvalue weighted by atomic mass is 10.3. The number of hydrogen-bond acceptors (Lipinski definition) is 4. The van der Waals surface area contributed by atoms with Crippen molar-refractivity contribution in [3.8, 4) is 5.88 Å². The Balaban J connectivity index is 2.05. The molecule has 0 atom stereocenters. The highest BCUT2D eigenvalue weighted by Gasteiger charge is 2.18. The van der Waals surface area contributed by atoms with Gasteiger partial charge in [-0.25, -0.2) is 9.97 Å². The second kappa shape index (κ2) is 5.84. The van der Waals surface area contributed by atoms with E-state index in [1.807, 2.05) is 6.92 Å². The van der Waals surface area contributed by atoms with Crippen LogP contribution in [0.2, 0.25) is 0 Å². The Hall–Kier alpha value is -1.32. The minimum atomic E-state index is 0.350. The number of aromatic nitrogens is 2. The smallest absolute Gasteiger partial charge is 0.221 e. The van der Waals surface area contributed by atoms with Crippen molar-refractivity contribution in [1.29, 1.82) is 0 Å². The molecule has 0 amide bonds. The third-order valence-electron chi connectivity index (χ3n) is 3.16. The van der Waals surface area contributed by atoms with Gasteiger partial charge in [-0.2, -0.15) is 0 Å². The Bertz CT molecular complexity index is 362. The first-order valence-electron chi connectivity index (χ1n) is 6.53.